The second kappa shape index (κ2) is 11.7. The van der Waals surface area contributed by atoms with Gasteiger partial charge in [-0.2, -0.15) is 0 Å². The van der Waals surface area contributed by atoms with Gasteiger partial charge in [0.05, 0.1) is 11.1 Å². The number of unbranched alkanes of at least 4 members (excludes halogenated alkanes) is 3. The Bertz CT molecular complexity index is 773. The van der Waals surface area contributed by atoms with E-state index in [1.165, 1.54) is 0 Å². The molecule has 0 aliphatic rings. The average molecular weight is 453 g/mol. The Kier molecular flexibility index (Phi) is 9.64. The molecule has 150 valence electrons. The highest BCUT2D eigenvalue weighted by molar-refractivity contribution is 7.84. The summed E-state index contributed by atoms with van der Waals surface area (Å²) >= 11 is 17.2. The van der Waals surface area contributed by atoms with Crippen molar-refractivity contribution in [3.8, 4) is 0 Å². The lowest BCUT2D eigenvalue weighted by Crippen LogP contribution is -2.25. The molecule has 4 nitrogen and oxygen atoms in total. The van der Waals surface area contributed by atoms with Crippen LogP contribution in [-0.2, 0) is 0 Å². The lowest BCUT2D eigenvalue weighted by molar-refractivity contribution is 0.0940. The number of hydrogen-bond donors (Lipinski definition) is 6. The van der Waals surface area contributed by atoms with Gasteiger partial charge < -0.3 is 10.6 Å². The number of thiol groups is 4. The van der Waals surface area contributed by atoms with Gasteiger partial charge in [-0.1, -0.05) is 25.0 Å². The molecule has 28 heavy (non-hydrogen) atoms. The first-order valence-electron chi connectivity index (χ1n) is 9.00. The Morgan fingerprint density at radius 2 is 1.04 bits per heavy atom. The molecule has 2 aromatic rings. The van der Waals surface area contributed by atoms with Crippen molar-refractivity contribution in [3.63, 3.8) is 0 Å². The van der Waals surface area contributed by atoms with Crippen molar-refractivity contribution in [1.82, 2.24) is 10.6 Å². The number of hydrogen-bond acceptors (Lipinski definition) is 6. The molecule has 2 aromatic carbocycles. The topological polar surface area (TPSA) is 58.2 Å². The van der Waals surface area contributed by atoms with E-state index >= 15 is 0 Å². The minimum absolute atomic E-state index is 0.137. The zero-order valence-electron chi connectivity index (χ0n) is 15.3. The van der Waals surface area contributed by atoms with E-state index in [-0.39, 0.29) is 11.8 Å². The van der Waals surface area contributed by atoms with Gasteiger partial charge in [-0.25, -0.2) is 0 Å². The summed E-state index contributed by atoms with van der Waals surface area (Å²) in [5, 5.41) is 5.80. The van der Waals surface area contributed by atoms with Crippen LogP contribution in [0.5, 0.6) is 0 Å². The van der Waals surface area contributed by atoms with Gasteiger partial charge in [0, 0.05) is 32.7 Å². The molecule has 0 saturated carbocycles. The van der Waals surface area contributed by atoms with Gasteiger partial charge in [-0.3, -0.25) is 9.59 Å². The minimum atomic E-state index is -0.137. The molecule has 0 bridgehead atoms. The third-order valence-corrected chi connectivity index (χ3v) is 6.26. The van der Waals surface area contributed by atoms with Crippen LogP contribution in [0.2, 0.25) is 0 Å². The highest BCUT2D eigenvalue weighted by atomic mass is 32.1. The van der Waals surface area contributed by atoms with E-state index in [9.17, 15) is 9.59 Å². The summed E-state index contributed by atoms with van der Waals surface area (Å²) < 4.78 is 0. The highest BCUT2D eigenvalue weighted by Crippen LogP contribution is 2.23. The molecule has 0 aliphatic carbocycles. The first kappa shape index (κ1) is 23.1. The second-order valence-corrected chi connectivity index (χ2v) is 8.13. The van der Waals surface area contributed by atoms with Crippen LogP contribution in [-0.4, -0.2) is 24.9 Å². The summed E-state index contributed by atoms with van der Waals surface area (Å²) in [7, 11) is 0. The molecule has 0 radical (unpaired) electrons. The predicted octanol–water partition coefficient (Wildman–Crippen LogP) is 4.56. The number of carbonyl (C=O) groups excluding carboxylic acids is 2. The Labute approximate surface area is 187 Å². The van der Waals surface area contributed by atoms with E-state index in [0.29, 0.717) is 43.8 Å². The lowest BCUT2D eigenvalue weighted by atomic mass is 10.1. The molecule has 2 rings (SSSR count). The Morgan fingerprint density at radius 3 is 1.43 bits per heavy atom. The third kappa shape index (κ3) is 6.69. The second-order valence-electron chi connectivity index (χ2n) is 6.27. The van der Waals surface area contributed by atoms with E-state index < -0.39 is 0 Å². The monoisotopic (exact) mass is 452 g/mol. The van der Waals surface area contributed by atoms with E-state index in [1.54, 1.807) is 36.4 Å². The summed E-state index contributed by atoms with van der Waals surface area (Å²) in [5.41, 5.74) is 1.07. The van der Waals surface area contributed by atoms with Crippen molar-refractivity contribution in [2.75, 3.05) is 13.1 Å². The van der Waals surface area contributed by atoms with Crippen LogP contribution in [0, 0.1) is 0 Å². The molecule has 0 aliphatic heterocycles. The van der Waals surface area contributed by atoms with Crippen molar-refractivity contribution < 1.29 is 9.59 Å². The van der Waals surface area contributed by atoms with Gasteiger partial charge in [0.25, 0.3) is 11.8 Å². The smallest absolute Gasteiger partial charge is 0.252 e. The molecular formula is C20H24N2O2S4. The summed E-state index contributed by atoms with van der Waals surface area (Å²) in [6, 6.07) is 10.6. The van der Waals surface area contributed by atoms with Gasteiger partial charge >= 0.3 is 0 Å². The first-order valence-corrected chi connectivity index (χ1v) is 10.8. The standard InChI is InChI=1S/C20H24N2O2S4/c23-19(13-7-5-9-15(25)17(13)27)21-11-3-1-2-4-12-22-20(24)14-8-6-10-16(26)18(14)28/h5-10,25-28H,1-4,11-12H2,(H,21,23)(H,22,24). The summed E-state index contributed by atoms with van der Waals surface area (Å²) in [6.45, 7) is 1.21. The van der Waals surface area contributed by atoms with Crippen molar-refractivity contribution >= 4 is 62.3 Å². The van der Waals surface area contributed by atoms with Crippen LogP contribution in [0.3, 0.4) is 0 Å². The van der Waals surface area contributed by atoms with E-state index in [2.05, 4.69) is 61.1 Å². The van der Waals surface area contributed by atoms with Crippen LogP contribution in [0.15, 0.2) is 56.0 Å². The number of amides is 2. The fourth-order valence-electron chi connectivity index (χ4n) is 2.63. The molecule has 0 atom stereocenters. The molecule has 2 N–H and O–H groups in total. The van der Waals surface area contributed by atoms with Crippen molar-refractivity contribution in [3.05, 3.63) is 47.5 Å². The zero-order chi connectivity index (χ0) is 20.5. The number of benzene rings is 2. The maximum Gasteiger partial charge on any atom is 0.252 e. The number of rotatable bonds is 9. The molecule has 0 heterocycles. The van der Waals surface area contributed by atoms with Gasteiger partial charge in [0.2, 0.25) is 0 Å². The molecule has 8 heteroatoms. The van der Waals surface area contributed by atoms with Crippen LogP contribution in [0.4, 0.5) is 0 Å². The van der Waals surface area contributed by atoms with Crippen molar-refractivity contribution in [2.24, 2.45) is 0 Å². The summed E-state index contributed by atoms with van der Waals surface area (Å²) in [6.07, 6.45) is 3.70. The van der Waals surface area contributed by atoms with E-state index in [0.717, 1.165) is 25.7 Å². The molecule has 0 aromatic heterocycles. The lowest BCUT2D eigenvalue weighted by Gasteiger charge is -2.09. The Hall–Kier alpha value is -1.22. The van der Waals surface area contributed by atoms with Crippen molar-refractivity contribution in [2.45, 2.75) is 45.3 Å². The number of carbonyl (C=O) groups is 2. The molecule has 0 fully saturated rings. The Morgan fingerprint density at radius 1 is 0.643 bits per heavy atom. The molecule has 0 saturated heterocycles. The average Bonchev–Trinajstić information content (AvgIpc) is 2.67. The highest BCUT2D eigenvalue weighted by Gasteiger charge is 2.11. The molecule has 0 spiro atoms. The predicted molar refractivity (Wildman–Crippen MR) is 125 cm³/mol. The number of nitrogens with one attached hydrogen (secondary N) is 2. The molecule has 2 amide bonds. The normalized spacial score (nSPS) is 10.6. The van der Waals surface area contributed by atoms with Gasteiger partial charge in [0.15, 0.2) is 0 Å². The van der Waals surface area contributed by atoms with Crippen LogP contribution < -0.4 is 10.6 Å². The van der Waals surface area contributed by atoms with Crippen LogP contribution in [0.1, 0.15) is 46.4 Å². The SMILES string of the molecule is O=C(NCCCCCCNC(=O)c1cccc(S)c1S)c1cccc(S)c1S. The molecular weight excluding hydrogens is 429 g/mol. The maximum absolute atomic E-state index is 12.2. The van der Waals surface area contributed by atoms with Crippen molar-refractivity contribution in [1.29, 1.82) is 0 Å². The fourth-order valence-corrected chi connectivity index (χ4v) is 3.54. The van der Waals surface area contributed by atoms with Gasteiger partial charge in [0.1, 0.15) is 0 Å². The summed E-state index contributed by atoms with van der Waals surface area (Å²) in [4.78, 5) is 26.9. The quantitative estimate of drug-likeness (QED) is 0.250. The van der Waals surface area contributed by atoms with Crippen LogP contribution >= 0.6 is 50.5 Å². The minimum Gasteiger partial charge on any atom is -0.352 e. The summed E-state index contributed by atoms with van der Waals surface area (Å²) in [5.74, 6) is -0.274. The Balaban J connectivity index is 1.60. The maximum atomic E-state index is 12.2. The largest absolute Gasteiger partial charge is 0.352 e. The van der Waals surface area contributed by atoms with Gasteiger partial charge in [-0.15, -0.1) is 50.5 Å². The van der Waals surface area contributed by atoms with Crippen LogP contribution in [0.25, 0.3) is 0 Å². The van der Waals surface area contributed by atoms with E-state index in [1.807, 2.05) is 0 Å². The van der Waals surface area contributed by atoms with Gasteiger partial charge in [-0.05, 0) is 37.1 Å². The fraction of sp³-hybridized carbons (Fsp3) is 0.300. The van der Waals surface area contributed by atoms with E-state index in [4.69, 9.17) is 0 Å². The zero-order valence-corrected chi connectivity index (χ0v) is 18.9. The first-order chi connectivity index (χ1) is 13.4. The molecule has 0 unspecified atom stereocenters. The third-order valence-electron chi connectivity index (χ3n) is 4.19.